The van der Waals surface area contributed by atoms with Crippen LogP contribution in [-0.2, 0) is 14.3 Å². The van der Waals surface area contributed by atoms with Gasteiger partial charge in [-0.1, -0.05) is 0 Å². The third-order valence-corrected chi connectivity index (χ3v) is 3.65. The Labute approximate surface area is 120 Å². The second kappa shape index (κ2) is 9.72. The molecule has 0 spiro atoms. The van der Waals surface area contributed by atoms with Crippen LogP contribution in [0.5, 0.6) is 0 Å². The van der Waals surface area contributed by atoms with Gasteiger partial charge in [0.05, 0.1) is 18.4 Å². The summed E-state index contributed by atoms with van der Waals surface area (Å²) in [6, 6.07) is 0. The number of esters is 1. The highest BCUT2D eigenvalue weighted by atomic mass is 16.5. The minimum Gasteiger partial charge on any atom is -0.481 e. The Bertz CT molecular complexity index is 298. The fraction of sp³-hybridized carbons (Fsp3) is 0.857. The maximum atomic E-state index is 11.1. The number of ether oxygens (including phenoxy) is 1. The predicted octanol–water partition coefficient (Wildman–Crippen LogP) is 0.620. The van der Waals surface area contributed by atoms with Gasteiger partial charge in [-0.2, -0.15) is 0 Å². The zero-order chi connectivity index (χ0) is 14.8. The van der Waals surface area contributed by atoms with Gasteiger partial charge < -0.3 is 20.5 Å². The van der Waals surface area contributed by atoms with E-state index in [1.165, 1.54) is 0 Å². The van der Waals surface area contributed by atoms with Crippen molar-refractivity contribution in [1.29, 1.82) is 0 Å². The van der Waals surface area contributed by atoms with E-state index in [0.29, 0.717) is 6.61 Å². The highest BCUT2D eigenvalue weighted by Gasteiger charge is 2.21. The second-order valence-electron chi connectivity index (χ2n) is 5.14. The van der Waals surface area contributed by atoms with E-state index < -0.39 is 5.97 Å². The monoisotopic (exact) mass is 286 g/mol. The molecule has 6 nitrogen and oxygen atoms in total. The first-order valence-corrected chi connectivity index (χ1v) is 7.46. The van der Waals surface area contributed by atoms with Crippen molar-refractivity contribution < 1.29 is 19.4 Å². The normalized spacial score (nSPS) is 20.6. The summed E-state index contributed by atoms with van der Waals surface area (Å²) in [6.07, 6.45) is 3.43. The first-order chi connectivity index (χ1) is 9.65. The van der Waals surface area contributed by atoms with Gasteiger partial charge >= 0.3 is 11.9 Å². The Balaban J connectivity index is 0.000000204. The Hall–Kier alpha value is -1.14. The van der Waals surface area contributed by atoms with Crippen molar-refractivity contribution in [3.05, 3.63) is 0 Å². The maximum Gasteiger partial charge on any atom is 0.309 e. The van der Waals surface area contributed by atoms with Crippen molar-refractivity contribution in [2.75, 3.05) is 32.8 Å². The van der Waals surface area contributed by atoms with Crippen LogP contribution in [0.4, 0.5) is 0 Å². The molecule has 0 bridgehead atoms. The molecule has 0 aromatic carbocycles. The van der Waals surface area contributed by atoms with Gasteiger partial charge in [0.15, 0.2) is 0 Å². The molecule has 2 heterocycles. The highest BCUT2D eigenvalue weighted by molar-refractivity contribution is 5.72. The zero-order valence-corrected chi connectivity index (χ0v) is 12.2. The third-order valence-electron chi connectivity index (χ3n) is 3.65. The number of aliphatic carboxylic acids is 1. The summed E-state index contributed by atoms with van der Waals surface area (Å²) >= 11 is 0. The molecule has 2 aliphatic heterocycles. The van der Waals surface area contributed by atoms with Crippen molar-refractivity contribution in [1.82, 2.24) is 10.6 Å². The molecular formula is C14H26N2O4. The van der Waals surface area contributed by atoms with E-state index in [1.54, 1.807) is 0 Å². The standard InChI is InChI=1S/C8H15NO2.C6H11NO2/c1-2-11-8(10)7-3-5-9-6-4-7;8-6(9)5-1-3-7-4-2-5/h7,9H,2-6H2,1H3;5,7H,1-4H2,(H,8,9). The van der Waals surface area contributed by atoms with Gasteiger partial charge in [-0.05, 0) is 58.8 Å². The molecule has 0 atom stereocenters. The Kier molecular flexibility index (Phi) is 8.22. The molecule has 116 valence electrons. The number of nitrogens with one attached hydrogen (secondary N) is 2. The lowest BCUT2D eigenvalue weighted by molar-refractivity contribution is -0.149. The summed E-state index contributed by atoms with van der Waals surface area (Å²) in [7, 11) is 0. The fourth-order valence-corrected chi connectivity index (χ4v) is 2.39. The van der Waals surface area contributed by atoms with Gasteiger partial charge in [0.2, 0.25) is 0 Å². The van der Waals surface area contributed by atoms with Crippen molar-refractivity contribution in [2.24, 2.45) is 11.8 Å². The summed E-state index contributed by atoms with van der Waals surface area (Å²) in [5.74, 6) is -0.604. The number of hydrogen-bond acceptors (Lipinski definition) is 5. The molecule has 0 aliphatic carbocycles. The molecule has 0 saturated carbocycles. The summed E-state index contributed by atoms with van der Waals surface area (Å²) in [5.41, 5.74) is 0. The molecule has 2 aliphatic rings. The lowest BCUT2D eigenvalue weighted by Gasteiger charge is -2.20. The van der Waals surface area contributed by atoms with Crippen LogP contribution in [-0.4, -0.2) is 49.8 Å². The van der Waals surface area contributed by atoms with E-state index in [-0.39, 0.29) is 17.8 Å². The van der Waals surface area contributed by atoms with Crippen LogP contribution < -0.4 is 10.6 Å². The minimum absolute atomic E-state index is 0.0194. The summed E-state index contributed by atoms with van der Waals surface area (Å²) in [4.78, 5) is 21.5. The van der Waals surface area contributed by atoms with E-state index in [0.717, 1.165) is 51.9 Å². The van der Waals surface area contributed by atoms with Crippen LogP contribution in [0.3, 0.4) is 0 Å². The van der Waals surface area contributed by atoms with Gasteiger partial charge in [-0.25, -0.2) is 0 Å². The van der Waals surface area contributed by atoms with Crippen molar-refractivity contribution >= 4 is 11.9 Å². The topological polar surface area (TPSA) is 87.7 Å². The van der Waals surface area contributed by atoms with Crippen LogP contribution in [0.1, 0.15) is 32.6 Å². The first-order valence-electron chi connectivity index (χ1n) is 7.46. The number of hydrogen-bond donors (Lipinski definition) is 3. The molecule has 0 radical (unpaired) electrons. The van der Waals surface area contributed by atoms with Crippen LogP contribution in [0.15, 0.2) is 0 Å². The van der Waals surface area contributed by atoms with Crippen LogP contribution in [0.25, 0.3) is 0 Å². The maximum absolute atomic E-state index is 11.1. The molecule has 2 fully saturated rings. The number of carboxylic acid groups (broad SMARTS) is 1. The third kappa shape index (κ3) is 6.34. The number of carboxylic acids is 1. The highest BCUT2D eigenvalue weighted by Crippen LogP contribution is 2.13. The number of carbonyl (C=O) groups is 2. The van der Waals surface area contributed by atoms with E-state index in [1.807, 2.05) is 6.92 Å². The lowest BCUT2D eigenvalue weighted by atomic mass is 9.99. The van der Waals surface area contributed by atoms with Crippen LogP contribution in [0, 0.1) is 11.8 Å². The van der Waals surface area contributed by atoms with Crippen LogP contribution >= 0.6 is 0 Å². The van der Waals surface area contributed by atoms with Gasteiger partial charge in [0.25, 0.3) is 0 Å². The van der Waals surface area contributed by atoms with E-state index >= 15 is 0 Å². The number of piperidine rings is 2. The van der Waals surface area contributed by atoms with Gasteiger partial charge in [-0.15, -0.1) is 0 Å². The van der Waals surface area contributed by atoms with E-state index in [2.05, 4.69) is 10.6 Å². The van der Waals surface area contributed by atoms with Gasteiger partial charge in [-0.3, -0.25) is 9.59 Å². The quantitative estimate of drug-likeness (QED) is 0.659. The first kappa shape index (κ1) is 16.9. The molecule has 20 heavy (non-hydrogen) atoms. The minimum atomic E-state index is -0.642. The number of rotatable bonds is 3. The predicted molar refractivity (Wildman–Crippen MR) is 75.5 cm³/mol. The molecule has 0 aromatic heterocycles. The van der Waals surface area contributed by atoms with Crippen molar-refractivity contribution in [3.63, 3.8) is 0 Å². The average molecular weight is 286 g/mol. The summed E-state index contributed by atoms with van der Waals surface area (Å²) in [5, 5.41) is 14.8. The Morgan fingerprint density at radius 2 is 1.45 bits per heavy atom. The fourth-order valence-electron chi connectivity index (χ4n) is 2.39. The summed E-state index contributed by atoms with van der Waals surface area (Å²) < 4.78 is 4.91. The molecule has 3 N–H and O–H groups in total. The lowest BCUT2D eigenvalue weighted by Crippen LogP contribution is -2.32. The molecule has 0 aromatic rings. The van der Waals surface area contributed by atoms with Gasteiger partial charge in [0.1, 0.15) is 0 Å². The molecule has 2 rings (SSSR count). The molecule has 6 heteroatoms. The Morgan fingerprint density at radius 3 is 1.80 bits per heavy atom. The molecular weight excluding hydrogens is 260 g/mol. The van der Waals surface area contributed by atoms with E-state index in [4.69, 9.17) is 9.84 Å². The van der Waals surface area contributed by atoms with Crippen LogP contribution in [0.2, 0.25) is 0 Å². The average Bonchev–Trinajstić information content (AvgIpc) is 2.50. The van der Waals surface area contributed by atoms with E-state index in [9.17, 15) is 9.59 Å². The number of carbonyl (C=O) groups excluding carboxylic acids is 1. The molecule has 2 saturated heterocycles. The molecule has 0 unspecified atom stereocenters. The SMILES string of the molecule is CCOC(=O)C1CCNCC1.O=C(O)C1CCNCC1. The summed E-state index contributed by atoms with van der Waals surface area (Å²) in [6.45, 7) is 5.96. The zero-order valence-electron chi connectivity index (χ0n) is 12.2. The second-order valence-corrected chi connectivity index (χ2v) is 5.14. The van der Waals surface area contributed by atoms with Gasteiger partial charge in [0, 0.05) is 0 Å². The Morgan fingerprint density at radius 1 is 1.00 bits per heavy atom. The molecule has 0 amide bonds. The van der Waals surface area contributed by atoms with Crippen molar-refractivity contribution in [2.45, 2.75) is 32.6 Å². The smallest absolute Gasteiger partial charge is 0.309 e. The largest absolute Gasteiger partial charge is 0.481 e. The van der Waals surface area contributed by atoms with Crippen molar-refractivity contribution in [3.8, 4) is 0 Å².